The Labute approximate surface area is 152 Å². The summed E-state index contributed by atoms with van der Waals surface area (Å²) in [5.74, 6) is -1.59. The zero-order valence-electron chi connectivity index (χ0n) is 14.7. The molecule has 0 fully saturated rings. The van der Waals surface area contributed by atoms with Crippen molar-refractivity contribution < 1.29 is 18.3 Å². The number of ether oxygens (including phenoxy) is 1. The Balaban J connectivity index is 1.85. The molecule has 0 aliphatic heterocycles. The smallest absolute Gasteiger partial charge is 0.310 e. The van der Waals surface area contributed by atoms with Gasteiger partial charge in [0.2, 0.25) is 5.95 Å². The second kappa shape index (κ2) is 7.52. The van der Waals surface area contributed by atoms with Gasteiger partial charge in [0.25, 0.3) is 11.3 Å². The fourth-order valence-corrected chi connectivity index (χ4v) is 2.59. The first kappa shape index (κ1) is 18.5. The average Bonchev–Trinajstić information content (AvgIpc) is 2.99. The van der Waals surface area contributed by atoms with Crippen LogP contribution in [-0.4, -0.2) is 32.2 Å². The molecule has 3 aromatic rings. The van der Waals surface area contributed by atoms with Crippen molar-refractivity contribution in [1.82, 2.24) is 19.6 Å². The maximum Gasteiger partial charge on any atom is 0.310 e. The third-order valence-corrected chi connectivity index (χ3v) is 3.80. The molecule has 0 saturated heterocycles. The van der Waals surface area contributed by atoms with Gasteiger partial charge in [0.1, 0.15) is 11.6 Å². The van der Waals surface area contributed by atoms with Crippen LogP contribution in [0.3, 0.4) is 0 Å². The largest absolute Gasteiger partial charge is 0.466 e. The number of aromatic amines is 1. The molecular weight excluding hydrogens is 360 g/mol. The summed E-state index contributed by atoms with van der Waals surface area (Å²) in [6, 6.07) is 3.15. The van der Waals surface area contributed by atoms with Crippen LogP contribution in [0, 0.1) is 18.6 Å². The van der Waals surface area contributed by atoms with Gasteiger partial charge in [-0.15, -0.1) is 0 Å². The van der Waals surface area contributed by atoms with E-state index in [1.54, 1.807) is 13.8 Å². The maximum atomic E-state index is 13.2. The molecule has 10 heteroatoms. The van der Waals surface area contributed by atoms with Crippen molar-refractivity contribution in [1.29, 1.82) is 0 Å². The molecule has 0 aliphatic rings. The Morgan fingerprint density at radius 2 is 1.96 bits per heavy atom. The highest BCUT2D eigenvalue weighted by Gasteiger charge is 2.16. The van der Waals surface area contributed by atoms with Crippen molar-refractivity contribution in [2.45, 2.75) is 26.8 Å². The van der Waals surface area contributed by atoms with Crippen molar-refractivity contribution in [2.24, 2.45) is 0 Å². The molecule has 0 unspecified atom stereocenters. The highest BCUT2D eigenvalue weighted by molar-refractivity contribution is 5.72. The monoisotopic (exact) mass is 377 g/mol. The minimum atomic E-state index is -0.687. The molecule has 3 rings (SSSR count). The average molecular weight is 377 g/mol. The van der Waals surface area contributed by atoms with E-state index >= 15 is 0 Å². The minimum absolute atomic E-state index is 0.0813. The molecule has 27 heavy (non-hydrogen) atoms. The topological polar surface area (TPSA) is 101 Å². The van der Waals surface area contributed by atoms with E-state index in [4.69, 9.17) is 4.74 Å². The SMILES string of the molecule is CCOC(=O)Cc1c(C)nc2nc(NCc3cc(F)cc(F)c3)[nH]n2c1=O. The third kappa shape index (κ3) is 4.10. The summed E-state index contributed by atoms with van der Waals surface area (Å²) in [5.41, 5.74) is 0.474. The van der Waals surface area contributed by atoms with E-state index in [1.165, 1.54) is 12.1 Å². The Bertz CT molecular complexity index is 1040. The lowest BCUT2D eigenvalue weighted by Crippen LogP contribution is -2.25. The number of H-pyrrole nitrogens is 1. The number of benzene rings is 1. The Hall–Kier alpha value is -3.30. The van der Waals surface area contributed by atoms with E-state index in [1.807, 2.05) is 0 Å². The number of fused-ring (bicyclic) bond motifs is 1. The molecule has 0 spiro atoms. The predicted molar refractivity (Wildman–Crippen MR) is 92.4 cm³/mol. The van der Waals surface area contributed by atoms with E-state index in [0.717, 1.165) is 10.6 Å². The molecule has 0 atom stereocenters. The summed E-state index contributed by atoms with van der Waals surface area (Å²) < 4.78 is 32.4. The summed E-state index contributed by atoms with van der Waals surface area (Å²) >= 11 is 0. The second-order valence-corrected chi connectivity index (χ2v) is 5.80. The fourth-order valence-electron chi connectivity index (χ4n) is 2.59. The first-order valence-corrected chi connectivity index (χ1v) is 8.20. The van der Waals surface area contributed by atoms with Crippen LogP contribution in [0.15, 0.2) is 23.0 Å². The van der Waals surface area contributed by atoms with E-state index in [9.17, 15) is 18.4 Å². The fraction of sp³-hybridized carbons (Fsp3) is 0.294. The number of nitrogens with one attached hydrogen (secondary N) is 2. The molecule has 2 aromatic heterocycles. The minimum Gasteiger partial charge on any atom is -0.466 e. The van der Waals surface area contributed by atoms with Gasteiger partial charge < -0.3 is 10.1 Å². The number of aromatic nitrogens is 4. The van der Waals surface area contributed by atoms with Gasteiger partial charge in [-0.2, -0.15) is 9.50 Å². The predicted octanol–water partition coefficient (Wildman–Crippen LogP) is 1.72. The summed E-state index contributed by atoms with van der Waals surface area (Å²) in [6.45, 7) is 3.58. The van der Waals surface area contributed by atoms with Gasteiger partial charge in [0.05, 0.1) is 24.3 Å². The number of rotatable bonds is 6. The lowest BCUT2D eigenvalue weighted by atomic mass is 10.2. The van der Waals surface area contributed by atoms with E-state index in [0.29, 0.717) is 11.3 Å². The van der Waals surface area contributed by atoms with Crippen LogP contribution in [0.2, 0.25) is 0 Å². The van der Waals surface area contributed by atoms with Crippen molar-refractivity contribution >= 4 is 17.7 Å². The number of halogens is 2. The number of anilines is 1. The highest BCUT2D eigenvalue weighted by Crippen LogP contribution is 2.11. The number of nitrogens with zero attached hydrogens (tertiary/aromatic N) is 3. The maximum absolute atomic E-state index is 13.2. The van der Waals surface area contributed by atoms with Gasteiger partial charge in [0.15, 0.2) is 0 Å². The zero-order chi connectivity index (χ0) is 19.6. The van der Waals surface area contributed by atoms with E-state index in [-0.39, 0.29) is 36.9 Å². The van der Waals surface area contributed by atoms with Crippen molar-refractivity contribution in [3.05, 3.63) is 57.0 Å². The number of esters is 1. The number of hydrogen-bond donors (Lipinski definition) is 2. The van der Waals surface area contributed by atoms with Gasteiger partial charge in [-0.25, -0.2) is 13.8 Å². The van der Waals surface area contributed by atoms with Crippen molar-refractivity contribution in [3.63, 3.8) is 0 Å². The summed E-state index contributed by atoms with van der Waals surface area (Å²) in [5, 5.41) is 5.56. The summed E-state index contributed by atoms with van der Waals surface area (Å²) in [6.07, 6.45) is -0.196. The van der Waals surface area contributed by atoms with Crippen LogP contribution in [0.1, 0.15) is 23.7 Å². The van der Waals surface area contributed by atoms with Crippen LogP contribution in [0.25, 0.3) is 5.78 Å². The van der Waals surface area contributed by atoms with Gasteiger partial charge in [-0.1, -0.05) is 0 Å². The van der Waals surface area contributed by atoms with Crippen LogP contribution < -0.4 is 10.9 Å². The van der Waals surface area contributed by atoms with Crippen LogP contribution in [0.5, 0.6) is 0 Å². The number of carbonyl (C=O) groups is 1. The Kier molecular flexibility index (Phi) is 5.15. The molecule has 2 N–H and O–H groups in total. The lowest BCUT2D eigenvalue weighted by molar-refractivity contribution is -0.142. The quantitative estimate of drug-likeness (QED) is 0.635. The van der Waals surface area contributed by atoms with Crippen molar-refractivity contribution in [3.8, 4) is 0 Å². The molecule has 0 amide bonds. The number of aryl methyl sites for hydroxylation is 1. The standard InChI is InChI=1S/C17H17F2N5O3/c1-3-27-14(25)7-13-9(2)21-17-22-16(23-24(17)15(13)26)20-8-10-4-11(18)6-12(19)5-10/h4-6H,3,7-8H2,1-2H3,(H2,20,21,22,23). The van der Waals surface area contributed by atoms with E-state index in [2.05, 4.69) is 20.4 Å². The molecular formula is C17H17F2N5O3. The zero-order valence-corrected chi connectivity index (χ0v) is 14.7. The third-order valence-electron chi connectivity index (χ3n) is 3.80. The molecule has 142 valence electrons. The Morgan fingerprint density at radius 3 is 2.63 bits per heavy atom. The molecule has 0 bridgehead atoms. The van der Waals surface area contributed by atoms with Crippen molar-refractivity contribution in [2.75, 3.05) is 11.9 Å². The highest BCUT2D eigenvalue weighted by atomic mass is 19.1. The summed E-state index contributed by atoms with van der Waals surface area (Å²) in [7, 11) is 0. The lowest BCUT2D eigenvalue weighted by Gasteiger charge is -2.04. The molecule has 1 aromatic carbocycles. The van der Waals surface area contributed by atoms with Gasteiger partial charge >= 0.3 is 5.97 Å². The van der Waals surface area contributed by atoms with Crippen LogP contribution in [-0.2, 0) is 22.5 Å². The molecule has 0 saturated carbocycles. The van der Waals surface area contributed by atoms with Crippen LogP contribution >= 0.6 is 0 Å². The summed E-state index contributed by atoms with van der Waals surface area (Å²) in [4.78, 5) is 32.6. The first-order valence-electron chi connectivity index (χ1n) is 8.20. The van der Waals surface area contributed by atoms with Gasteiger partial charge in [-0.3, -0.25) is 14.7 Å². The first-order chi connectivity index (χ1) is 12.9. The van der Waals surface area contributed by atoms with Gasteiger partial charge in [-0.05, 0) is 31.5 Å². The molecule has 2 heterocycles. The second-order valence-electron chi connectivity index (χ2n) is 5.80. The Morgan fingerprint density at radius 1 is 1.26 bits per heavy atom. The van der Waals surface area contributed by atoms with E-state index < -0.39 is 23.2 Å². The molecule has 0 aliphatic carbocycles. The number of hydrogen-bond acceptors (Lipinski definition) is 6. The van der Waals surface area contributed by atoms with Crippen LogP contribution in [0.4, 0.5) is 14.7 Å². The molecule has 0 radical (unpaired) electrons. The molecule has 8 nitrogen and oxygen atoms in total. The number of carbonyl (C=O) groups excluding carboxylic acids is 1. The van der Waals surface area contributed by atoms with Gasteiger partial charge in [0, 0.05) is 12.6 Å². The normalized spacial score (nSPS) is 11.0.